The fourth-order valence-electron chi connectivity index (χ4n) is 2.31. The van der Waals surface area contributed by atoms with Crippen LogP contribution in [0.1, 0.15) is 70.4 Å². The Bertz CT molecular complexity index is 341. The van der Waals surface area contributed by atoms with E-state index in [0.29, 0.717) is 0 Å². The van der Waals surface area contributed by atoms with Gasteiger partial charge in [-0.2, -0.15) is 0 Å². The average Bonchev–Trinajstić information content (AvgIpc) is 2.43. The first-order valence-electron chi connectivity index (χ1n) is 7.62. The molecule has 0 aliphatic heterocycles. The van der Waals surface area contributed by atoms with Crippen LogP contribution in [0.15, 0.2) is 18.5 Å². The second kappa shape index (κ2) is 9.90. The largest absolute Gasteiger partial charge is 0.310 e. The summed E-state index contributed by atoms with van der Waals surface area (Å²) in [5.74, 6) is -0.190. The van der Waals surface area contributed by atoms with Crippen LogP contribution in [0.2, 0.25) is 0 Å². The van der Waals surface area contributed by atoms with E-state index in [-0.39, 0.29) is 11.9 Å². The number of pyridine rings is 1. The van der Waals surface area contributed by atoms with E-state index >= 15 is 0 Å². The summed E-state index contributed by atoms with van der Waals surface area (Å²) in [6.07, 6.45) is 11.3. The van der Waals surface area contributed by atoms with Crippen LogP contribution in [0.4, 0.5) is 4.39 Å². The molecule has 1 atom stereocenters. The summed E-state index contributed by atoms with van der Waals surface area (Å²) in [5, 5.41) is 3.45. The Hall–Kier alpha value is -0.960. The van der Waals surface area contributed by atoms with Crippen molar-refractivity contribution in [2.24, 2.45) is 0 Å². The van der Waals surface area contributed by atoms with Crippen LogP contribution in [0.3, 0.4) is 0 Å². The second-order valence-corrected chi connectivity index (χ2v) is 5.11. The number of halogens is 1. The first kappa shape index (κ1) is 16.1. The van der Waals surface area contributed by atoms with Crippen LogP contribution >= 0.6 is 0 Å². The Balaban J connectivity index is 2.49. The van der Waals surface area contributed by atoms with Crippen molar-refractivity contribution in [1.82, 2.24) is 10.3 Å². The lowest BCUT2D eigenvalue weighted by Crippen LogP contribution is -2.23. The summed E-state index contributed by atoms with van der Waals surface area (Å²) in [6.45, 7) is 5.29. The number of aromatic nitrogens is 1. The highest BCUT2D eigenvalue weighted by molar-refractivity contribution is 5.17. The fourth-order valence-corrected chi connectivity index (χ4v) is 2.31. The molecule has 0 aliphatic rings. The first-order chi connectivity index (χ1) is 9.29. The van der Waals surface area contributed by atoms with Gasteiger partial charge in [-0.25, -0.2) is 4.39 Å². The molecule has 0 fully saturated rings. The lowest BCUT2D eigenvalue weighted by Gasteiger charge is -2.19. The third kappa shape index (κ3) is 6.15. The topological polar surface area (TPSA) is 24.9 Å². The van der Waals surface area contributed by atoms with Crippen LogP contribution in [-0.4, -0.2) is 11.5 Å². The zero-order valence-corrected chi connectivity index (χ0v) is 12.3. The molecule has 0 aromatic carbocycles. The number of unbranched alkanes of at least 4 members (excludes halogenated alkanes) is 4. The van der Waals surface area contributed by atoms with Gasteiger partial charge >= 0.3 is 0 Å². The molecule has 1 rings (SSSR count). The van der Waals surface area contributed by atoms with Gasteiger partial charge in [0.2, 0.25) is 0 Å². The van der Waals surface area contributed by atoms with Crippen molar-refractivity contribution in [3.63, 3.8) is 0 Å². The molecule has 19 heavy (non-hydrogen) atoms. The van der Waals surface area contributed by atoms with Crippen LogP contribution < -0.4 is 5.32 Å². The highest BCUT2D eigenvalue weighted by Gasteiger charge is 2.14. The van der Waals surface area contributed by atoms with Crippen LogP contribution in [0.25, 0.3) is 0 Å². The minimum absolute atomic E-state index is 0.129. The highest BCUT2D eigenvalue weighted by atomic mass is 19.1. The summed E-state index contributed by atoms with van der Waals surface area (Å²) in [4.78, 5) is 3.83. The van der Waals surface area contributed by atoms with Crippen molar-refractivity contribution < 1.29 is 4.39 Å². The third-order valence-electron chi connectivity index (χ3n) is 3.42. The standard InChI is InChI=1S/C16H27FN2/c1-3-5-6-7-8-9-16(19-11-4-2)14-10-12-18-13-15(14)17/h10,12-13,16,19H,3-9,11H2,1-2H3. The van der Waals surface area contributed by atoms with Gasteiger partial charge in [-0.3, -0.25) is 4.98 Å². The molecular formula is C16H27FN2. The molecule has 1 aromatic rings. The van der Waals surface area contributed by atoms with E-state index in [2.05, 4.69) is 24.1 Å². The van der Waals surface area contributed by atoms with Gasteiger partial charge in [0.15, 0.2) is 0 Å². The Morgan fingerprint density at radius 2 is 1.95 bits per heavy atom. The van der Waals surface area contributed by atoms with Gasteiger partial charge in [-0.05, 0) is 25.5 Å². The fraction of sp³-hybridized carbons (Fsp3) is 0.688. The summed E-state index contributed by atoms with van der Waals surface area (Å²) in [7, 11) is 0. The Morgan fingerprint density at radius 1 is 1.16 bits per heavy atom. The van der Waals surface area contributed by atoms with Crippen molar-refractivity contribution in [2.75, 3.05) is 6.54 Å². The summed E-state index contributed by atoms with van der Waals surface area (Å²) >= 11 is 0. The number of nitrogens with one attached hydrogen (secondary N) is 1. The molecule has 1 aromatic heterocycles. The molecule has 0 saturated carbocycles. The van der Waals surface area contributed by atoms with Crippen molar-refractivity contribution in [3.05, 3.63) is 29.8 Å². The molecule has 0 radical (unpaired) electrons. The van der Waals surface area contributed by atoms with E-state index < -0.39 is 0 Å². The molecule has 0 spiro atoms. The van der Waals surface area contributed by atoms with Gasteiger partial charge in [0, 0.05) is 17.8 Å². The van der Waals surface area contributed by atoms with E-state index in [1.807, 2.05) is 0 Å². The maximum Gasteiger partial charge on any atom is 0.146 e. The lowest BCUT2D eigenvalue weighted by atomic mass is 10.00. The van der Waals surface area contributed by atoms with Crippen molar-refractivity contribution in [2.45, 2.75) is 64.8 Å². The maximum atomic E-state index is 13.8. The van der Waals surface area contributed by atoms with Gasteiger partial charge in [0.05, 0.1) is 6.20 Å². The predicted octanol–water partition coefficient (Wildman–Crippen LogP) is 4.62. The summed E-state index contributed by atoms with van der Waals surface area (Å²) < 4.78 is 13.8. The van der Waals surface area contributed by atoms with Gasteiger partial charge in [0.25, 0.3) is 0 Å². The number of nitrogens with zero attached hydrogens (tertiary/aromatic N) is 1. The van der Waals surface area contributed by atoms with E-state index in [0.717, 1.165) is 31.4 Å². The summed E-state index contributed by atoms with van der Waals surface area (Å²) in [6, 6.07) is 1.93. The smallest absolute Gasteiger partial charge is 0.146 e. The second-order valence-electron chi connectivity index (χ2n) is 5.11. The van der Waals surface area contributed by atoms with Gasteiger partial charge in [-0.1, -0.05) is 46.0 Å². The normalized spacial score (nSPS) is 12.6. The maximum absolute atomic E-state index is 13.8. The molecule has 1 heterocycles. The molecule has 0 amide bonds. The minimum atomic E-state index is -0.190. The van der Waals surface area contributed by atoms with Crippen molar-refractivity contribution >= 4 is 0 Å². The molecule has 0 saturated heterocycles. The Morgan fingerprint density at radius 3 is 2.63 bits per heavy atom. The monoisotopic (exact) mass is 266 g/mol. The predicted molar refractivity (Wildman–Crippen MR) is 78.6 cm³/mol. The third-order valence-corrected chi connectivity index (χ3v) is 3.42. The minimum Gasteiger partial charge on any atom is -0.310 e. The SMILES string of the molecule is CCCCCCCC(NCCC)c1ccncc1F. The molecule has 2 nitrogen and oxygen atoms in total. The molecule has 1 N–H and O–H groups in total. The Kier molecular flexibility index (Phi) is 8.39. The van der Waals surface area contributed by atoms with Gasteiger partial charge in [-0.15, -0.1) is 0 Å². The lowest BCUT2D eigenvalue weighted by molar-refractivity contribution is 0.448. The molecule has 1 unspecified atom stereocenters. The molecular weight excluding hydrogens is 239 g/mol. The summed E-state index contributed by atoms with van der Waals surface area (Å²) in [5.41, 5.74) is 0.763. The molecule has 108 valence electrons. The van der Waals surface area contributed by atoms with Gasteiger partial charge < -0.3 is 5.32 Å². The highest BCUT2D eigenvalue weighted by Crippen LogP contribution is 2.22. The van der Waals surface area contributed by atoms with E-state index in [4.69, 9.17) is 0 Å². The van der Waals surface area contributed by atoms with Gasteiger partial charge in [0.1, 0.15) is 5.82 Å². The van der Waals surface area contributed by atoms with Crippen LogP contribution in [0, 0.1) is 5.82 Å². The number of hydrogen-bond acceptors (Lipinski definition) is 2. The molecule has 0 aliphatic carbocycles. The van der Waals surface area contributed by atoms with E-state index in [9.17, 15) is 4.39 Å². The zero-order chi connectivity index (χ0) is 13.9. The quantitative estimate of drug-likeness (QED) is 0.625. The van der Waals surface area contributed by atoms with E-state index in [1.165, 1.54) is 31.9 Å². The zero-order valence-electron chi connectivity index (χ0n) is 12.3. The number of hydrogen-bond donors (Lipinski definition) is 1. The molecule has 0 bridgehead atoms. The van der Waals surface area contributed by atoms with Crippen LogP contribution in [0.5, 0.6) is 0 Å². The van der Waals surface area contributed by atoms with Crippen molar-refractivity contribution in [1.29, 1.82) is 0 Å². The molecule has 3 heteroatoms. The van der Waals surface area contributed by atoms with Crippen LogP contribution in [-0.2, 0) is 0 Å². The van der Waals surface area contributed by atoms with E-state index in [1.54, 1.807) is 12.3 Å². The Labute approximate surface area is 116 Å². The average molecular weight is 266 g/mol. The number of rotatable bonds is 10. The first-order valence-corrected chi connectivity index (χ1v) is 7.62. The van der Waals surface area contributed by atoms with Crippen molar-refractivity contribution in [3.8, 4) is 0 Å².